The van der Waals surface area contributed by atoms with Crippen LogP contribution in [-0.2, 0) is 0 Å². The molecule has 0 amide bonds. The second-order valence-electron chi connectivity index (χ2n) is 5.87. The van der Waals surface area contributed by atoms with Crippen molar-refractivity contribution in [3.05, 3.63) is 0 Å². The highest BCUT2D eigenvalue weighted by Gasteiger charge is 2.16. The Morgan fingerprint density at radius 1 is 1.31 bits per heavy atom. The lowest BCUT2D eigenvalue weighted by Gasteiger charge is -2.30. The van der Waals surface area contributed by atoms with Crippen LogP contribution in [0.3, 0.4) is 0 Å². The summed E-state index contributed by atoms with van der Waals surface area (Å²) in [5.41, 5.74) is 6.32. The van der Waals surface area contributed by atoms with Crippen molar-refractivity contribution in [3.63, 3.8) is 0 Å². The van der Waals surface area contributed by atoms with Crippen LogP contribution in [-0.4, -0.2) is 43.7 Å². The highest BCUT2D eigenvalue weighted by atomic mass is 15.1. The molecular formula is C13H29N3. The van der Waals surface area contributed by atoms with E-state index >= 15 is 0 Å². The molecule has 0 aliphatic carbocycles. The number of rotatable bonds is 6. The standard InChI is InChI=1S/C13H29N3/c1-4-13(2,3)11-15-7-10-16-8-5-12(14)6-9-16/h12,15H,4-11,14H2,1-3H3. The van der Waals surface area contributed by atoms with Crippen LogP contribution in [0.2, 0.25) is 0 Å². The average molecular weight is 227 g/mol. The Balaban J connectivity index is 2.03. The molecule has 3 N–H and O–H groups in total. The monoisotopic (exact) mass is 227 g/mol. The molecule has 3 heteroatoms. The lowest BCUT2D eigenvalue weighted by atomic mass is 9.90. The molecule has 1 rings (SSSR count). The number of nitrogens with two attached hydrogens (primary N) is 1. The molecule has 0 spiro atoms. The summed E-state index contributed by atoms with van der Waals surface area (Å²) in [6.07, 6.45) is 3.57. The average Bonchev–Trinajstić information content (AvgIpc) is 2.27. The lowest BCUT2D eigenvalue weighted by molar-refractivity contribution is 0.209. The molecule has 0 radical (unpaired) electrons. The summed E-state index contributed by atoms with van der Waals surface area (Å²) < 4.78 is 0. The minimum atomic E-state index is 0.435. The van der Waals surface area contributed by atoms with E-state index in [1.807, 2.05) is 0 Å². The van der Waals surface area contributed by atoms with Crippen LogP contribution in [0.25, 0.3) is 0 Å². The molecule has 0 aromatic rings. The number of nitrogens with one attached hydrogen (secondary N) is 1. The van der Waals surface area contributed by atoms with Crippen LogP contribution in [0.1, 0.15) is 40.0 Å². The molecule has 0 aromatic heterocycles. The van der Waals surface area contributed by atoms with Crippen molar-refractivity contribution < 1.29 is 0 Å². The first-order valence-corrected chi connectivity index (χ1v) is 6.72. The minimum Gasteiger partial charge on any atom is -0.328 e. The van der Waals surface area contributed by atoms with E-state index in [9.17, 15) is 0 Å². The molecule has 1 fully saturated rings. The normalized spacial score (nSPS) is 20.2. The lowest BCUT2D eigenvalue weighted by Crippen LogP contribution is -2.43. The number of nitrogens with zero attached hydrogens (tertiary/aromatic N) is 1. The predicted molar refractivity (Wildman–Crippen MR) is 70.6 cm³/mol. The van der Waals surface area contributed by atoms with Crippen molar-refractivity contribution >= 4 is 0 Å². The number of hydrogen-bond acceptors (Lipinski definition) is 3. The van der Waals surface area contributed by atoms with Gasteiger partial charge in [-0.3, -0.25) is 0 Å². The molecule has 96 valence electrons. The first-order valence-electron chi connectivity index (χ1n) is 6.72. The van der Waals surface area contributed by atoms with Crippen molar-refractivity contribution in [2.75, 3.05) is 32.7 Å². The molecule has 0 atom stereocenters. The van der Waals surface area contributed by atoms with Crippen molar-refractivity contribution in [2.45, 2.75) is 46.1 Å². The Morgan fingerprint density at radius 3 is 2.50 bits per heavy atom. The first kappa shape index (κ1) is 13.9. The topological polar surface area (TPSA) is 41.3 Å². The summed E-state index contributed by atoms with van der Waals surface area (Å²) in [6.45, 7) is 12.7. The van der Waals surface area contributed by atoms with E-state index < -0.39 is 0 Å². The maximum atomic E-state index is 5.88. The SMILES string of the molecule is CCC(C)(C)CNCCN1CCC(N)CC1. The molecule has 0 unspecified atom stereocenters. The van der Waals surface area contributed by atoms with E-state index in [4.69, 9.17) is 5.73 Å². The van der Waals surface area contributed by atoms with Crippen LogP contribution in [0, 0.1) is 5.41 Å². The summed E-state index contributed by atoms with van der Waals surface area (Å²) >= 11 is 0. The van der Waals surface area contributed by atoms with Gasteiger partial charge in [-0.15, -0.1) is 0 Å². The van der Waals surface area contributed by atoms with Gasteiger partial charge in [0, 0.05) is 25.7 Å². The molecule has 1 saturated heterocycles. The Morgan fingerprint density at radius 2 is 1.94 bits per heavy atom. The fourth-order valence-electron chi connectivity index (χ4n) is 1.97. The number of piperidine rings is 1. The molecule has 3 nitrogen and oxygen atoms in total. The van der Waals surface area contributed by atoms with Crippen LogP contribution in [0.4, 0.5) is 0 Å². The minimum absolute atomic E-state index is 0.435. The van der Waals surface area contributed by atoms with Gasteiger partial charge in [-0.05, 0) is 37.8 Å². The zero-order chi connectivity index (χ0) is 12.0. The van der Waals surface area contributed by atoms with Gasteiger partial charge >= 0.3 is 0 Å². The molecule has 1 heterocycles. The second-order valence-corrected chi connectivity index (χ2v) is 5.87. The summed E-state index contributed by atoms with van der Waals surface area (Å²) in [4.78, 5) is 2.52. The fourth-order valence-corrected chi connectivity index (χ4v) is 1.97. The van der Waals surface area contributed by atoms with Crippen LogP contribution >= 0.6 is 0 Å². The molecule has 16 heavy (non-hydrogen) atoms. The van der Waals surface area contributed by atoms with Crippen molar-refractivity contribution in [1.82, 2.24) is 10.2 Å². The zero-order valence-electron chi connectivity index (χ0n) is 11.3. The zero-order valence-corrected chi connectivity index (χ0v) is 11.3. The summed E-state index contributed by atoms with van der Waals surface area (Å²) in [6, 6.07) is 0.447. The van der Waals surface area contributed by atoms with Gasteiger partial charge in [0.15, 0.2) is 0 Å². The first-order chi connectivity index (χ1) is 7.53. The summed E-state index contributed by atoms with van der Waals surface area (Å²) in [7, 11) is 0. The van der Waals surface area contributed by atoms with Gasteiger partial charge in [-0.25, -0.2) is 0 Å². The van der Waals surface area contributed by atoms with E-state index in [0.717, 1.165) is 13.1 Å². The van der Waals surface area contributed by atoms with Crippen LogP contribution < -0.4 is 11.1 Å². The van der Waals surface area contributed by atoms with Gasteiger partial charge in [-0.1, -0.05) is 20.8 Å². The summed E-state index contributed by atoms with van der Waals surface area (Å²) in [5.74, 6) is 0. The van der Waals surface area contributed by atoms with Gasteiger partial charge in [0.1, 0.15) is 0 Å². The third-order valence-electron chi connectivity index (χ3n) is 3.80. The van der Waals surface area contributed by atoms with Crippen LogP contribution in [0.15, 0.2) is 0 Å². The van der Waals surface area contributed by atoms with E-state index in [2.05, 4.69) is 31.0 Å². The smallest absolute Gasteiger partial charge is 0.0107 e. The molecule has 0 aromatic carbocycles. The summed E-state index contributed by atoms with van der Waals surface area (Å²) in [5, 5.41) is 3.56. The van der Waals surface area contributed by atoms with Gasteiger partial charge in [0.25, 0.3) is 0 Å². The van der Waals surface area contributed by atoms with Crippen molar-refractivity contribution in [1.29, 1.82) is 0 Å². The van der Waals surface area contributed by atoms with Gasteiger partial charge in [0.05, 0.1) is 0 Å². The maximum Gasteiger partial charge on any atom is 0.0107 e. The number of likely N-dealkylation sites (tertiary alicyclic amines) is 1. The van der Waals surface area contributed by atoms with Crippen molar-refractivity contribution in [2.24, 2.45) is 11.1 Å². The van der Waals surface area contributed by atoms with E-state index in [1.54, 1.807) is 0 Å². The predicted octanol–water partition coefficient (Wildman–Crippen LogP) is 1.44. The van der Waals surface area contributed by atoms with E-state index in [1.165, 1.54) is 38.9 Å². The third kappa shape index (κ3) is 5.28. The quantitative estimate of drug-likeness (QED) is 0.675. The van der Waals surface area contributed by atoms with Gasteiger partial charge < -0.3 is 16.0 Å². The van der Waals surface area contributed by atoms with E-state index in [-0.39, 0.29) is 0 Å². The van der Waals surface area contributed by atoms with Crippen molar-refractivity contribution in [3.8, 4) is 0 Å². The van der Waals surface area contributed by atoms with Crippen LogP contribution in [0.5, 0.6) is 0 Å². The molecule has 1 aliphatic rings. The highest BCUT2D eigenvalue weighted by Crippen LogP contribution is 2.17. The number of hydrogen-bond donors (Lipinski definition) is 2. The Hall–Kier alpha value is -0.120. The highest BCUT2D eigenvalue weighted by molar-refractivity contribution is 4.75. The molecule has 0 saturated carbocycles. The second kappa shape index (κ2) is 6.58. The molecule has 0 bridgehead atoms. The van der Waals surface area contributed by atoms with Gasteiger partial charge in [-0.2, -0.15) is 0 Å². The Kier molecular flexibility index (Phi) is 5.73. The largest absolute Gasteiger partial charge is 0.328 e. The maximum absolute atomic E-state index is 5.88. The van der Waals surface area contributed by atoms with Gasteiger partial charge in [0.2, 0.25) is 0 Å². The Bertz CT molecular complexity index is 184. The third-order valence-corrected chi connectivity index (χ3v) is 3.80. The van der Waals surface area contributed by atoms with E-state index in [0.29, 0.717) is 11.5 Å². The molecular weight excluding hydrogens is 198 g/mol. The molecule has 1 aliphatic heterocycles. The Labute approximate surface area is 101 Å². The fraction of sp³-hybridized carbons (Fsp3) is 1.00.